The van der Waals surface area contributed by atoms with Crippen molar-refractivity contribution >= 4 is 29.9 Å². The van der Waals surface area contributed by atoms with Crippen LogP contribution in [-0.2, 0) is 6.54 Å². The van der Waals surface area contributed by atoms with E-state index in [-0.39, 0.29) is 30.1 Å². The average molecular weight is 522 g/mol. The van der Waals surface area contributed by atoms with Crippen molar-refractivity contribution in [3.8, 4) is 11.6 Å². The zero-order valence-electron chi connectivity index (χ0n) is 17.5. The summed E-state index contributed by atoms with van der Waals surface area (Å²) in [6, 6.07) is 14.1. The van der Waals surface area contributed by atoms with Crippen LogP contribution in [0.1, 0.15) is 31.2 Å². The van der Waals surface area contributed by atoms with Crippen LogP contribution in [0.5, 0.6) is 11.6 Å². The summed E-state index contributed by atoms with van der Waals surface area (Å²) in [5.74, 6) is 3.33. The predicted molar refractivity (Wildman–Crippen MR) is 130 cm³/mol. The van der Waals surface area contributed by atoms with E-state index >= 15 is 0 Å². The second-order valence-electron chi connectivity index (χ2n) is 7.78. The molecule has 2 fully saturated rings. The number of nitrogens with zero attached hydrogens (tertiary/aromatic N) is 3. The Bertz CT molecular complexity index is 789. The highest BCUT2D eigenvalue weighted by Gasteiger charge is 2.23. The molecule has 1 saturated carbocycles. The fourth-order valence-corrected chi connectivity index (χ4v) is 3.48. The number of para-hydroxylation sites is 1. The van der Waals surface area contributed by atoms with E-state index in [1.54, 1.807) is 0 Å². The molecule has 0 radical (unpaired) electrons. The summed E-state index contributed by atoms with van der Waals surface area (Å²) in [6.45, 7) is 3.36. The highest BCUT2D eigenvalue weighted by Crippen LogP contribution is 2.29. The second-order valence-corrected chi connectivity index (χ2v) is 7.78. The van der Waals surface area contributed by atoms with Gasteiger partial charge in [-0.15, -0.1) is 24.0 Å². The molecule has 0 spiro atoms. The molecule has 0 amide bonds. The van der Waals surface area contributed by atoms with Crippen molar-refractivity contribution in [3.63, 3.8) is 0 Å². The number of aliphatic imine (C=N–C) groups is 1. The Morgan fingerprint density at radius 1 is 1.10 bits per heavy atom. The van der Waals surface area contributed by atoms with Gasteiger partial charge in [-0.3, -0.25) is 4.99 Å². The van der Waals surface area contributed by atoms with Gasteiger partial charge in [0.05, 0.1) is 6.61 Å². The van der Waals surface area contributed by atoms with E-state index < -0.39 is 0 Å². The number of ether oxygens (including phenoxy) is 2. The van der Waals surface area contributed by atoms with Crippen LogP contribution in [0, 0.1) is 5.92 Å². The third-order valence-electron chi connectivity index (χ3n) is 5.41. The van der Waals surface area contributed by atoms with Gasteiger partial charge in [-0.05, 0) is 36.5 Å². The number of benzene rings is 1. The van der Waals surface area contributed by atoms with Crippen molar-refractivity contribution in [1.82, 2.24) is 15.2 Å². The predicted octanol–water partition coefficient (Wildman–Crippen LogP) is 4.11. The first kappa shape index (κ1) is 22.7. The summed E-state index contributed by atoms with van der Waals surface area (Å²) in [5, 5.41) is 3.45. The maximum absolute atomic E-state index is 6.09. The van der Waals surface area contributed by atoms with Gasteiger partial charge in [-0.2, -0.15) is 0 Å². The third-order valence-corrected chi connectivity index (χ3v) is 5.41. The Kier molecular flexibility index (Phi) is 8.60. The first-order valence-electron chi connectivity index (χ1n) is 10.5. The fraction of sp³-hybridized carbons (Fsp3) is 0.478. The lowest BCUT2D eigenvalue weighted by atomic mass is 10.1. The van der Waals surface area contributed by atoms with Crippen molar-refractivity contribution in [2.45, 2.75) is 38.3 Å². The summed E-state index contributed by atoms with van der Waals surface area (Å²) in [5.41, 5.74) is 1.12. The molecule has 0 atom stereocenters. The lowest BCUT2D eigenvalue weighted by molar-refractivity contribution is 0.129. The third kappa shape index (κ3) is 6.75. The number of nitrogens with one attached hydrogen (secondary N) is 1. The van der Waals surface area contributed by atoms with Crippen LogP contribution < -0.4 is 14.8 Å². The van der Waals surface area contributed by atoms with Crippen LogP contribution in [0.15, 0.2) is 53.7 Å². The van der Waals surface area contributed by atoms with Gasteiger partial charge in [-0.1, -0.05) is 24.3 Å². The quantitative estimate of drug-likeness (QED) is 0.337. The van der Waals surface area contributed by atoms with Gasteiger partial charge in [0.2, 0.25) is 5.88 Å². The van der Waals surface area contributed by atoms with E-state index in [0.29, 0.717) is 12.4 Å². The van der Waals surface area contributed by atoms with Crippen molar-refractivity contribution in [2.24, 2.45) is 10.9 Å². The molecule has 7 heteroatoms. The van der Waals surface area contributed by atoms with E-state index in [2.05, 4.69) is 26.3 Å². The first-order chi connectivity index (χ1) is 14.3. The molecule has 2 aromatic rings. The molecule has 1 saturated heterocycles. The summed E-state index contributed by atoms with van der Waals surface area (Å²) in [6.07, 6.45) is 6.70. The second kappa shape index (κ2) is 11.4. The van der Waals surface area contributed by atoms with E-state index in [9.17, 15) is 0 Å². The number of aromatic nitrogens is 1. The van der Waals surface area contributed by atoms with Crippen molar-refractivity contribution < 1.29 is 9.47 Å². The molecule has 2 heterocycles. The van der Waals surface area contributed by atoms with Gasteiger partial charge in [0.15, 0.2) is 5.96 Å². The van der Waals surface area contributed by atoms with E-state index in [0.717, 1.165) is 55.7 Å². The van der Waals surface area contributed by atoms with Crippen LogP contribution in [0.25, 0.3) is 0 Å². The highest BCUT2D eigenvalue weighted by molar-refractivity contribution is 14.0. The van der Waals surface area contributed by atoms with Crippen LogP contribution in [0.2, 0.25) is 0 Å². The lowest BCUT2D eigenvalue weighted by Crippen LogP contribution is -2.47. The molecule has 162 valence electrons. The Labute approximate surface area is 196 Å². The number of rotatable bonds is 7. The Morgan fingerprint density at radius 2 is 1.87 bits per heavy atom. The van der Waals surface area contributed by atoms with Crippen LogP contribution >= 0.6 is 24.0 Å². The molecule has 4 rings (SSSR count). The van der Waals surface area contributed by atoms with Crippen molar-refractivity contribution in [2.75, 3.05) is 26.7 Å². The Morgan fingerprint density at radius 3 is 2.50 bits per heavy atom. The summed E-state index contributed by atoms with van der Waals surface area (Å²) in [7, 11) is 1.84. The van der Waals surface area contributed by atoms with Gasteiger partial charge in [-0.25, -0.2) is 4.98 Å². The maximum Gasteiger partial charge on any atom is 0.213 e. The van der Waals surface area contributed by atoms with Gasteiger partial charge in [0.1, 0.15) is 11.9 Å². The van der Waals surface area contributed by atoms with Crippen molar-refractivity contribution in [3.05, 3.63) is 54.2 Å². The van der Waals surface area contributed by atoms with Gasteiger partial charge >= 0.3 is 0 Å². The highest BCUT2D eigenvalue weighted by atomic mass is 127. The minimum atomic E-state index is 0. The smallest absolute Gasteiger partial charge is 0.213 e. The number of halogens is 1. The number of piperidine rings is 1. The molecule has 2 aliphatic rings. The summed E-state index contributed by atoms with van der Waals surface area (Å²) in [4.78, 5) is 11.2. The number of likely N-dealkylation sites (tertiary alicyclic amines) is 1. The fourth-order valence-electron chi connectivity index (χ4n) is 3.48. The Balaban J connectivity index is 0.00000256. The number of guanidine groups is 1. The SMILES string of the molecule is CN=C(NCc1ccc(OCC2CC2)nc1)N1CCC(Oc2ccccc2)CC1.I. The van der Waals surface area contributed by atoms with Gasteiger partial charge < -0.3 is 19.7 Å². The summed E-state index contributed by atoms with van der Waals surface area (Å²) >= 11 is 0. The van der Waals surface area contributed by atoms with Gasteiger partial charge in [0.25, 0.3) is 0 Å². The molecule has 1 aromatic heterocycles. The van der Waals surface area contributed by atoms with E-state index in [1.165, 1.54) is 12.8 Å². The number of hydrogen-bond donors (Lipinski definition) is 1. The van der Waals surface area contributed by atoms with E-state index in [1.807, 2.05) is 49.6 Å². The maximum atomic E-state index is 6.09. The van der Waals surface area contributed by atoms with Crippen LogP contribution in [0.4, 0.5) is 0 Å². The first-order valence-corrected chi connectivity index (χ1v) is 10.5. The number of hydrogen-bond acceptors (Lipinski definition) is 4. The average Bonchev–Trinajstić information content (AvgIpc) is 3.60. The Hall–Kier alpha value is -2.03. The van der Waals surface area contributed by atoms with Crippen LogP contribution in [-0.4, -0.2) is 48.7 Å². The van der Waals surface area contributed by atoms with Crippen molar-refractivity contribution in [1.29, 1.82) is 0 Å². The largest absolute Gasteiger partial charge is 0.490 e. The van der Waals surface area contributed by atoms with Gasteiger partial charge in [0, 0.05) is 51.8 Å². The molecule has 1 N–H and O–H groups in total. The molecule has 1 aliphatic heterocycles. The molecule has 1 aliphatic carbocycles. The number of pyridine rings is 1. The van der Waals surface area contributed by atoms with E-state index in [4.69, 9.17) is 9.47 Å². The summed E-state index contributed by atoms with van der Waals surface area (Å²) < 4.78 is 11.8. The normalized spacial score (nSPS) is 17.2. The molecule has 0 unspecified atom stereocenters. The monoisotopic (exact) mass is 522 g/mol. The minimum absolute atomic E-state index is 0. The molecular weight excluding hydrogens is 491 g/mol. The molecule has 1 aromatic carbocycles. The minimum Gasteiger partial charge on any atom is -0.490 e. The molecule has 30 heavy (non-hydrogen) atoms. The lowest BCUT2D eigenvalue weighted by Gasteiger charge is -2.34. The zero-order valence-corrected chi connectivity index (χ0v) is 19.8. The zero-order chi connectivity index (χ0) is 19.9. The topological polar surface area (TPSA) is 59.0 Å². The standard InChI is InChI=1S/C23H30N4O2.HI/c1-24-23(26-16-19-9-10-22(25-15-19)28-17-18-7-8-18)27-13-11-21(12-14-27)29-20-5-3-2-4-6-20;/h2-6,9-10,15,18,21H,7-8,11-14,16-17H2,1H3,(H,24,26);1H. The molecule has 6 nitrogen and oxygen atoms in total. The molecular formula is C23H31IN4O2. The van der Waals surface area contributed by atoms with Crippen LogP contribution in [0.3, 0.4) is 0 Å². The molecule has 0 bridgehead atoms.